The normalized spacial score (nSPS) is 11.5. The van der Waals surface area contributed by atoms with Crippen molar-refractivity contribution < 1.29 is 17.6 Å². The van der Waals surface area contributed by atoms with Crippen molar-refractivity contribution in [3.8, 4) is 11.5 Å². The van der Waals surface area contributed by atoms with Gasteiger partial charge in [-0.2, -0.15) is 0 Å². The first-order chi connectivity index (χ1) is 12.4. The number of aromatic nitrogens is 3. The van der Waals surface area contributed by atoms with Crippen molar-refractivity contribution in [1.29, 1.82) is 0 Å². The fraction of sp³-hybridized carbons (Fsp3) is 0.176. The van der Waals surface area contributed by atoms with Crippen LogP contribution in [0.4, 0.5) is 6.01 Å². The van der Waals surface area contributed by atoms with Gasteiger partial charge >= 0.3 is 6.01 Å². The third kappa shape index (κ3) is 3.62. The van der Waals surface area contributed by atoms with Crippen molar-refractivity contribution in [2.75, 3.05) is 5.32 Å². The molecular weight excluding hydrogens is 356 g/mol. The van der Waals surface area contributed by atoms with Crippen molar-refractivity contribution >= 4 is 21.8 Å². The van der Waals surface area contributed by atoms with Gasteiger partial charge in [0.25, 0.3) is 5.91 Å². The van der Waals surface area contributed by atoms with E-state index in [-0.39, 0.29) is 22.4 Å². The number of pyridine rings is 1. The summed E-state index contributed by atoms with van der Waals surface area (Å²) in [6.45, 7) is 3.21. The van der Waals surface area contributed by atoms with Crippen molar-refractivity contribution in [3.63, 3.8) is 0 Å². The van der Waals surface area contributed by atoms with Gasteiger partial charge in [0.15, 0.2) is 9.84 Å². The first kappa shape index (κ1) is 17.7. The van der Waals surface area contributed by atoms with E-state index in [1.807, 2.05) is 0 Å². The predicted molar refractivity (Wildman–Crippen MR) is 94.2 cm³/mol. The van der Waals surface area contributed by atoms with Crippen LogP contribution in [0.5, 0.6) is 0 Å². The molecule has 0 saturated heterocycles. The molecule has 1 amide bonds. The fourth-order valence-electron chi connectivity index (χ4n) is 2.12. The highest BCUT2D eigenvalue weighted by Gasteiger charge is 2.20. The average Bonchev–Trinajstić information content (AvgIpc) is 3.11. The molecule has 3 rings (SSSR count). The molecule has 134 valence electrons. The number of nitrogens with one attached hydrogen (secondary N) is 1. The van der Waals surface area contributed by atoms with Gasteiger partial charge in [0.2, 0.25) is 5.89 Å². The summed E-state index contributed by atoms with van der Waals surface area (Å²) in [6, 6.07) is 9.02. The summed E-state index contributed by atoms with van der Waals surface area (Å²) in [7, 11) is -3.38. The standard InChI is InChI=1S/C17H16N4O4S/c1-11(2)26(23,24)14-5-3-12(4-6-14)15(22)19-17-21-20-16(25-17)13-7-9-18-10-8-13/h3-11H,1-2H3,(H,19,21,22). The second kappa shape index (κ2) is 7.04. The molecule has 2 aromatic heterocycles. The number of rotatable bonds is 5. The highest BCUT2D eigenvalue weighted by atomic mass is 32.2. The summed E-state index contributed by atoms with van der Waals surface area (Å²) in [5, 5.41) is 9.58. The maximum atomic E-state index is 12.3. The zero-order chi connectivity index (χ0) is 18.7. The Labute approximate surface area is 150 Å². The van der Waals surface area contributed by atoms with Crippen LogP contribution in [-0.4, -0.2) is 34.8 Å². The Kier molecular flexibility index (Phi) is 4.81. The summed E-state index contributed by atoms with van der Waals surface area (Å²) in [5.41, 5.74) is 0.951. The number of amides is 1. The highest BCUT2D eigenvalue weighted by molar-refractivity contribution is 7.92. The Bertz CT molecular complexity index is 1010. The number of carbonyl (C=O) groups excluding carboxylic acids is 1. The van der Waals surface area contributed by atoms with E-state index in [9.17, 15) is 13.2 Å². The molecule has 0 aliphatic heterocycles. The van der Waals surface area contributed by atoms with Gasteiger partial charge in [0.05, 0.1) is 10.1 Å². The number of carbonyl (C=O) groups is 1. The summed E-state index contributed by atoms with van der Waals surface area (Å²) >= 11 is 0. The number of sulfone groups is 1. The Morgan fingerprint density at radius 2 is 1.69 bits per heavy atom. The van der Waals surface area contributed by atoms with Gasteiger partial charge in [0.1, 0.15) is 0 Å². The lowest BCUT2D eigenvalue weighted by molar-refractivity contribution is 0.102. The molecule has 0 atom stereocenters. The van der Waals surface area contributed by atoms with E-state index in [0.29, 0.717) is 5.56 Å². The Balaban J connectivity index is 1.74. The zero-order valence-corrected chi connectivity index (χ0v) is 14.9. The van der Waals surface area contributed by atoms with Crippen LogP contribution in [0.1, 0.15) is 24.2 Å². The molecule has 0 saturated carbocycles. The minimum Gasteiger partial charge on any atom is -0.403 e. The summed E-state index contributed by atoms with van der Waals surface area (Å²) in [5.74, 6) is -0.232. The molecule has 2 heterocycles. The molecule has 0 radical (unpaired) electrons. The lowest BCUT2D eigenvalue weighted by atomic mass is 10.2. The third-order valence-corrected chi connectivity index (χ3v) is 5.81. The minimum absolute atomic E-state index is 0.0549. The van der Waals surface area contributed by atoms with E-state index in [1.165, 1.54) is 24.3 Å². The smallest absolute Gasteiger partial charge is 0.322 e. The Morgan fingerprint density at radius 1 is 1.04 bits per heavy atom. The first-order valence-corrected chi connectivity index (χ1v) is 9.32. The number of hydrogen-bond donors (Lipinski definition) is 1. The molecule has 0 aliphatic carbocycles. The van der Waals surface area contributed by atoms with Crippen molar-refractivity contribution in [3.05, 3.63) is 54.4 Å². The molecule has 1 aromatic carbocycles. The maximum absolute atomic E-state index is 12.3. The Morgan fingerprint density at radius 3 is 2.31 bits per heavy atom. The SMILES string of the molecule is CC(C)S(=O)(=O)c1ccc(C(=O)Nc2nnc(-c3ccncc3)o2)cc1. The van der Waals surface area contributed by atoms with Crippen LogP contribution >= 0.6 is 0 Å². The van der Waals surface area contributed by atoms with Crippen molar-refractivity contribution in [2.24, 2.45) is 0 Å². The van der Waals surface area contributed by atoms with E-state index in [1.54, 1.807) is 38.4 Å². The van der Waals surface area contributed by atoms with E-state index in [0.717, 1.165) is 0 Å². The summed E-state index contributed by atoms with van der Waals surface area (Å²) in [6.07, 6.45) is 3.18. The van der Waals surface area contributed by atoms with Crippen LogP contribution in [0.2, 0.25) is 0 Å². The highest BCUT2D eigenvalue weighted by Crippen LogP contribution is 2.20. The minimum atomic E-state index is -3.38. The van der Waals surface area contributed by atoms with Gasteiger partial charge in [-0.25, -0.2) is 8.42 Å². The number of benzene rings is 1. The Hall–Kier alpha value is -3.07. The molecule has 1 N–H and O–H groups in total. The molecular formula is C17H16N4O4S. The lowest BCUT2D eigenvalue weighted by Gasteiger charge is -2.08. The second-order valence-electron chi connectivity index (χ2n) is 5.72. The molecule has 0 bridgehead atoms. The van der Waals surface area contributed by atoms with Gasteiger partial charge in [0, 0.05) is 23.5 Å². The van der Waals surface area contributed by atoms with Gasteiger partial charge in [-0.1, -0.05) is 5.10 Å². The van der Waals surface area contributed by atoms with Crippen LogP contribution in [0.3, 0.4) is 0 Å². The van der Waals surface area contributed by atoms with Gasteiger partial charge in [-0.15, -0.1) is 5.10 Å². The zero-order valence-electron chi connectivity index (χ0n) is 14.1. The van der Waals surface area contributed by atoms with Crippen LogP contribution < -0.4 is 5.32 Å². The topological polar surface area (TPSA) is 115 Å². The molecule has 0 spiro atoms. The summed E-state index contributed by atoms with van der Waals surface area (Å²) in [4.78, 5) is 16.3. The quantitative estimate of drug-likeness (QED) is 0.732. The van der Waals surface area contributed by atoms with E-state index < -0.39 is 21.0 Å². The third-order valence-electron chi connectivity index (χ3n) is 3.64. The molecule has 0 unspecified atom stereocenters. The number of hydrogen-bond acceptors (Lipinski definition) is 7. The summed E-state index contributed by atoms with van der Waals surface area (Å²) < 4.78 is 29.6. The average molecular weight is 372 g/mol. The fourth-order valence-corrected chi connectivity index (χ4v) is 3.18. The van der Waals surface area contributed by atoms with Crippen LogP contribution in [0, 0.1) is 0 Å². The largest absolute Gasteiger partial charge is 0.403 e. The van der Waals surface area contributed by atoms with E-state index >= 15 is 0 Å². The molecule has 0 aliphatic rings. The monoisotopic (exact) mass is 372 g/mol. The van der Waals surface area contributed by atoms with Gasteiger partial charge in [-0.05, 0) is 50.2 Å². The van der Waals surface area contributed by atoms with E-state index in [4.69, 9.17) is 4.42 Å². The molecule has 8 nitrogen and oxygen atoms in total. The van der Waals surface area contributed by atoms with Crippen molar-refractivity contribution in [1.82, 2.24) is 15.2 Å². The maximum Gasteiger partial charge on any atom is 0.322 e. The van der Waals surface area contributed by atoms with E-state index in [2.05, 4.69) is 20.5 Å². The number of nitrogens with zero attached hydrogens (tertiary/aromatic N) is 3. The van der Waals surface area contributed by atoms with Gasteiger partial charge < -0.3 is 4.42 Å². The first-order valence-electron chi connectivity index (χ1n) is 7.77. The second-order valence-corrected chi connectivity index (χ2v) is 8.22. The predicted octanol–water partition coefficient (Wildman–Crippen LogP) is 2.57. The number of anilines is 1. The molecule has 3 aromatic rings. The molecule has 9 heteroatoms. The molecule has 26 heavy (non-hydrogen) atoms. The van der Waals surface area contributed by atoms with Crippen LogP contribution in [-0.2, 0) is 9.84 Å². The lowest BCUT2D eigenvalue weighted by Crippen LogP contribution is -2.15. The molecule has 0 fully saturated rings. The van der Waals surface area contributed by atoms with Crippen LogP contribution in [0.25, 0.3) is 11.5 Å². The van der Waals surface area contributed by atoms with Crippen LogP contribution in [0.15, 0.2) is 58.1 Å². The van der Waals surface area contributed by atoms with Crippen molar-refractivity contribution in [2.45, 2.75) is 24.0 Å². The van der Waals surface area contributed by atoms with Gasteiger partial charge in [-0.3, -0.25) is 15.1 Å².